The van der Waals surface area contributed by atoms with Crippen LogP contribution >= 0.6 is 0 Å². The maximum atomic E-state index is 12.4. The molecule has 0 atom stereocenters. The van der Waals surface area contributed by atoms with Gasteiger partial charge in [-0.25, -0.2) is 0 Å². The molecule has 3 fully saturated rings. The molecule has 0 heterocycles. The Labute approximate surface area is 203 Å². The van der Waals surface area contributed by atoms with Crippen molar-refractivity contribution in [1.82, 2.24) is 0 Å². The maximum Gasteiger partial charge on any atom is 0.0894 e. The Bertz CT molecular complexity index is 667. The second-order valence-corrected chi connectivity index (χ2v) is 11.9. The number of rotatable bonds is 10. The minimum Gasteiger partial charge on any atom is -0.251 e. The highest BCUT2D eigenvalue weighted by Crippen LogP contribution is 2.45. The monoisotopic (exact) mass is 452 g/mol. The van der Waals surface area contributed by atoms with E-state index in [9.17, 15) is 4.39 Å². The molecule has 0 bridgehead atoms. The van der Waals surface area contributed by atoms with Crippen LogP contribution in [0, 0.1) is 29.6 Å². The number of alkyl halides is 1. The molecule has 0 aromatic heterocycles. The summed E-state index contributed by atoms with van der Waals surface area (Å²) in [4.78, 5) is 0. The highest BCUT2D eigenvalue weighted by Gasteiger charge is 2.31. The Morgan fingerprint density at radius 1 is 0.667 bits per heavy atom. The second kappa shape index (κ2) is 13.1. The normalized spacial score (nSPS) is 33.0. The first-order valence-electron chi connectivity index (χ1n) is 14.5. The van der Waals surface area contributed by atoms with E-state index < -0.39 is 0 Å². The first-order valence-corrected chi connectivity index (χ1v) is 14.5. The largest absolute Gasteiger partial charge is 0.251 e. The summed E-state index contributed by atoms with van der Waals surface area (Å²) in [5.41, 5.74) is 2.96. The standard InChI is InChI=1S/C32H49F/c1-2-4-25-12-16-29(17-13-25)31-20-22-32(23-21-31)30-18-14-28(15-19-30)11-10-27-8-6-26(7-9-27)5-3-24-33/h2,12-13,16-17,26-28,30-32H,1,3-11,14-15,18-24H2/t26-,27-,28-,30-,31-,32-. The van der Waals surface area contributed by atoms with Gasteiger partial charge in [-0.3, -0.25) is 4.39 Å². The van der Waals surface area contributed by atoms with Crippen LogP contribution in [0.4, 0.5) is 4.39 Å². The van der Waals surface area contributed by atoms with Crippen molar-refractivity contribution in [2.45, 2.75) is 115 Å². The van der Waals surface area contributed by atoms with Gasteiger partial charge >= 0.3 is 0 Å². The molecule has 0 unspecified atom stereocenters. The van der Waals surface area contributed by atoms with Gasteiger partial charge in [-0.15, -0.1) is 6.58 Å². The molecular formula is C32H49F. The number of hydrogen-bond acceptors (Lipinski definition) is 0. The van der Waals surface area contributed by atoms with Gasteiger partial charge in [0.1, 0.15) is 0 Å². The lowest BCUT2D eigenvalue weighted by Crippen LogP contribution is -2.25. The van der Waals surface area contributed by atoms with E-state index in [-0.39, 0.29) is 6.67 Å². The minimum atomic E-state index is -0.117. The Kier molecular flexibility index (Phi) is 9.93. The van der Waals surface area contributed by atoms with Crippen molar-refractivity contribution in [3.8, 4) is 0 Å². The summed E-state index contributed by atoms with van der Waals surface area (Å²) in [6.07, 6.45) is 25.2. The van der Waals surface area contributed by atoms with Crippen LogP contribution in [0.1, 0.15) is 120 Å². The van der Waals surface area contributed by atoms with Gasteiger partial charge in [0.05, 0.1) is 6.67 Å². The van der Waals surface area contributed by atoms with E-state index in [1.54, 1.807) is 5.56 Å². The quantitative estimate of drug-likeness (QED) is 0.310. The van der Waals surface area contributed by atoms with Crippen LogP contribution in [0.3, 0.4) is 0 Å². The van der Waals surface area contributed by atoms with E-state index in [1.807, 2.05) is 6.08 Å². The zero-order valence-corrected chi connectivity index (χ0v) is 21.2. The van der Waals surface area contributed by atoms with Crippen LogP contribution in [0.5, 0.6) is 0 Å². The van der Waals surface area contributed by atoms with Gasteiger partial charge in [0.15, 0.2) is 0 Å². The Morgan fingerprint density at radius 2 is 1.15 bits per heavy atom. The third-order valence-electron chi connectivity index (χ3n) is 9.86. The Hall–Kier alpha value is -1.11. The zero-order valence-electron chi connectivity index (χ0n) is 21.2. The molecular weight excluding hydrogens is 403 g/mol. The fourth-order valence-corrected chi connectivity index (χ4v) is 7.61. The molecule has 0 N–H and O–H groups in total. The summed E-state index contributed by atoms with van der Waals surface area (Å²) in [6.45, 7) is 3.74. The second-order valence-electron chi connectivity index (χ2n) is 11.9. The smallest absolute Gasteiger partial charge is 0.0894 e. The van der Waals surface area contributed by atoms with Crippen LogP contribution in [-0.2, 0) is 6.42 Å². The van der Waals surface area contributed by atoms with Crippen molar-refractivity contribution in [3.05, 3.63) is 48.0 Å². The third kappa shape index (κ3) is 7.43. The van der Waals surface area contributed by atoms with Crippen LogP contribution < -0.4 is 0 Å². The summed E-state index contributed by atoms with van der Waals surface area (Å²) in [6, 6.07) is 9.38. The van der Waals surface area contributed by atoms with Gasteiger partial charge in [-0.1, -0.05) is 81.7 Å². The molecule has 33 heavy (non-hydrogen) atoms. The predicted octanol–water partition coefficient (Wildman–Crippen LogP) is 9.83. The Morgan fingerprint density at radius 3 is 1.67 bits per heavy atom. The first-order chi connectivity index (χ1) is 16.2. The lowest BCUT2D eigenvalue weighted by molar-refractivity contribution is 0.149. The van der Waals surface area contributed by atoms with Crippen LogP contribution in [-0.4, -0.2) is 6.67 Å². The van der Waals surface area contributed by atoms with Gasteiger partial charge in [-0.05, 0) is 104 Å². The molecule has 0 radical (unpaired) electrons. The summed E-state index contributed by atoms with van der Waals surface area (Å²) >= 11 is 0. The van der Waals surface area contributed by atoms with Gasteiger partial charge in [-0.2, -0.15) is 0 Å². The third-order valence-corrected chi connectivity index (χ3v) is 9.86. The van der Waals surface area contributed by atoms with Crippen LogP contribution in [0.2, 0.25) is 0 Å². The molecule has 0 amide bonds. The highest BCUT2D eigenvalue weighted by molar-refractivity contribution is 5.26. The molecule has 0 saturated heterocycles. The number of allylic oxidation sites excluding steroid dienone is 1. The fraction of sp³-hybridized carbons (Fsp3) is 0.750. The molecule has 0 aliphatic heterocycles. The minimum absolute atomic E-state index is 0.117. The molecule has 184 valence electrons. The van der Waals surface area contributed by atoms with Crippen molar-refractivity contribution >= 4 is 0 Å². The van der Waals surface area contributed by atoms with Gasteiger partial charge in [0, 0.05) is 0 Å². The van der Waals surface area contributed by atoms with E-state index >= 15 is 0 Å². The van der Waals surface area contributed by atoms with Crippen molar-refractivity contribution in [2.24, 2.45) is 29.6 Å². The number of hydrogen-bond donors (Lipinski definition) is 0. The Balaban J connectivity index is 1.11. The molecule has 3 aliphatic carbocycles. The molecule has 0 spiro atoms. The van der Waals surface area contributed by atoms with Crippen LogP contribution in [0.15, 0.2) is 36.9 Å². The van der Waals surface area contributed by atoms with Gasteiger partial charge in [0.2, 0.25) is 0 Å². The number of halogens is 1. The SMILES string of the molecule is C=CCc1ccc([C@H]2CC[C@H]([C@H]3CC[C@H](CC[C@H]4CC[C@H](CCCF)CC4)CC3)CC2)cc1. The number of benzene rings is 1. The summed E-state index contributed by atoms with van der Waals surface area (Å²) in [5.74, 6) is 5.63. The van der Waals surface area contributed by atoms with Crippen LogP contribution in [0.25, 0.3) is 0 Å². The van der Waals surface area contributed by atoms with E-state index in [1.165, 1.54) is 95.5 Å². The average Bonchev–Trinajstić information content (AvgIpc) is 2.88. The summed E-state index contributed by atoms with van der Waals surface area (Å²) in [7, 11) is 0. The fourth-order valence-electron chi connectivity index (χ4n) is 7.61. The molecule has 3 saturated carbocycles. The van der Waals surface area contributed by atoms with Crippen molar-refractivity contribution in [1.29, 1.82) is 0 Å². The molecule has 4 rings (SSSR count). The van der Waals surface area contributed by atoms with E-state index in [0.717, 1.165) is 54.8 Å². The van der Waals surface area contributed by atoms with E-state index in [4.69, 9.17) is 0 Å². The summed E-state index contributed by atoms with van der Waals surface area (Å²) in [5, 5.41) is 0. The molecule has 3 aliphatic rings. The predicted molar refractivity (Wildman–Crippen MR) is 140 cm³/mol. The van der Waals surface area contributed by atoms with E-state index in [0.29, 0.717) is 0 Å². The van der Waals surface area contributed by atoms with Gasteiger partial charge < -0.3 is 0 Å². The molecule has 0 nitrogen and oxygen atoms in total. The topological polar surface area (TPSA) is 0 Å². The molecule has 1 heteroatoms. The lowest BCUT2D eigenvalue weighted by atomic mass is 9.67. The molecule has 1 aromatic carbocycles. The maximum absolute atomic E-state index is 12.4. The average molecular weight is 453 g/mol. The van der Waals surface area contributed by atoms with Gasteiger partial charge in [0.25, 0.3) is 0 Å². The van der Waals surface area contributed by atoms with Crippen molar-refractivity contribution < 1.29 is 4.39 Å². The van der Waals surface area contributed by atoms with E-state index in [2.05, 4.69) is 30.8 Å². The van der Waals surface area contributed by atoms with Crippen molar-refractivity contribution in [2.75, 3.05) is 6.67 Å². The lowest BCUT2D eigenvalue weighted by Gasteiger charge is -2.38. The van der Waals surface area contributed by atoms with Crippen molar-refractivity contribution in [3.63, 3.8) is 0 Å². The zero-order chi connectivity index (χ0) is 22.9. The molecule has 1 aromatic rings. The summed E-state index contributed by atoms with van der Waals surface area (Å²) < 4.78 is 12.4. The highest BCUT2D eigenvalue weighted by atomic mass is 19.1. The first kappa shape index (κ1) is 25.0.